The number of aromatic nitrogens is 3. The van der Waals surface area contributed by atoms with E-state index in [1.54, 1.807) is 25.4 Å². The van der Waals surface area contributed by atoms with E-state index in [0.29, 0.717) is 36.7 Å². The zero-order valence-electron chi connectivity index (χ0n) is 19.3. The standard InChI is InChI=1S/C28H25FN4O2/c1-35-17-20-10-5-9-19(13-20)15-24-28(34)33-25(21-11-6-12-22(30)26(21)29)16-31-23(27(33)32-24)14-18-7-3-2-4-8-18/h2-13,16,31H,14-15,17,30H2,1H3. The summed E-state index contributed by atoms with van der Waals surface area (Å²) in [5, 5.41) is 0. The molecule has 7 heteroatoms. The molecule has 0 spiro atoms. The van der Waals surface area contributed by atoms with Gasteiger partial charge in [-0.2, -0.15) is 0 Å². The Labute approximate surface area is 202 Å². The highest BCUT2D eigenvalue weighted by Gasteiger charge is 2.24. The van der Waals surface area contributed by atoms with Crippen molar-refractivity contribution in [2.24, 2.45) is 0 Å². The number of anilines is 1. The van der Waals surface area contributed by atoms with Crippen molar-refractivity contribution >= 4 is 5.69 Å². The van der Waals surface area contributed by atoms with Gasteiger partial charge in [0.05, 0.1) is 23.7 Å². The summed E-state index contributed by atoms with van der Waals surface area (Å²) in [4.78, 5) is 21.7. The first-order valence-corrected chi connectivity index (χ1v) is 11.3. The van der Waals surface area contributed by atoms with Crippen molar-refractivity contribution < 1.29 is 9.13 Å². The average molecular weight is 469 g/mol. The normalized spacial score (nSPS) is 11.3. The Hall–Kier alpha value is -4.23. The van der Waals surface area contributed by atoms with Gasteiger partial charge in [-0.3, -0.25) is 9.36 Å². The first-order chi connectivity index (χ1) is 17.0. The van der Waals surface area contributed by atoms with Gasteiger partial charge >= 0.3 is 0 Å². The van der Waals surface area contributed by atoms with Crippen LogP contribution < -0.4 is 11.3 Å². The zero-order valence-corrected chi connectivity index (χ0v) is 19.3. The number of hydrogen-bond acceptors (Lipinski definition) is 4. The number of aromatic amines is 1. The molecular formula is C28H25FN4O2. The van der Waals surface area contributed by atoms with Crippen LogP contribution >= 0.6 is 0 Å². The summed E-state index contributed by atoms with van der Waals surface area (Å²) in [6.07, 6.45) is 2.54. The highest BCUT2D eigenvalue weighted by molar-refractivity contribution is 5.67. The van der Waals surface area contributed by atoms with Crippen LogP contribution in [0.1, 0.15) is 28.1 Å². The molecule has 0 fully saturated rings. The van der Waals surface area contributed by atoms with E-state index >= 15 is 0 Å². The van der Waals surface area contributed by atoms with Gasteiger partial charge in [0.1, 0.15) is 5.69 Å². The van der Waals surface area contributed by atoms with Crippen molar-refractivity contribution in [3.63, 3.8) is 0 Å². The van der Waals surface area contributed by atoms with Crippen LogP contribution in [0.15, 0.2) is 83.8 Å². The van der Waals surface area contributed by atoms with E-state index in [1.807, 2.05) is 54.6 Å². The van der Waals surface area contributed by atoms with Crippen molar-refractivity contribution in [2.75, 3.05) is 12.8 Å². The number of benzene rings is 3. The highest BCUT2D eigenvalue weighted by Crippen LogP contribution is 2.29. The van der Waals surface area contributed by atoms with Gasteiger partial charge < -0.3 is 15.5 Å². The second kappa shape index (κ2) is 9.56. The molecule has 176 valence electrons. The monoisotopic (exact) mass is 468 g/mol. The van der Waals surface area contributed by atoms with Crippen molar-refractivity contribution in [1.82, 2.24) is 14.5 Å². The Balaban J connectivity index is 1.66. The molecule has 2 heterocycles. The van der Waals surface area contributed by atoms with Gasteiger partial charge in [-0.25, -0.2) is 9.37 Å². The van der Waals surface area contributed by atoms with E-state index in [1.165, 1.54) is 10.6 Å². The van der Waals surface area contributed by atoms with Gasteiger partial charge in [0, 0.05) is 31.7 Å². The first kappa shape index (κ1) is 22.6. The molecule has 0 aliphatic carbocycles. The number of fused-ring (bicyclic) bond motifs is 1. The maximum atomic E-state index is 15.0. The van der Waals surface area contributed by atoms with E-state index in [4.69, 9.17) is 15.5 Å². The predicted octanol–water partition coefficient (Wildman–Crippen LogP) is 4.71. The van der Waals surface area contributed by atoms with Crippen LogP contribution in [0.3, 0.4) is 0 Å². The molecule has 3 N–H and O–H groups in total. The lowest BCUT2D eigenvalue weighted by atomic mass is 10.1. The summed E-state index contributed by atoms with van der Waals surface area (Å²) in [5.74, 6) is -0.0962. The third-order valence-electron chi connectivity index (χ3n) is 6.00. The van der Waals surface area contributed by atoms with Crippen LogP contribution in [0.25, 0.3) is 17.1 Å². The summed E-state index contributed by atoms with van der Waals surface area (Å²) in [5.41, 5.74) is 10.4. The van der Waals surface area contributed by atoms with E-state index in [9.17, 15) is 9.18 Å². The minimum Gasteiger partial charge on any atom is -0.396 e. The third kappa shape index (κ3) is 4.46. The van der Waals surface area contributed by atoms with Crippen molar-refractivity contribution in [1.29, 1.82) is 0 Å². The number of H-pyrrole nitrogens is 1. The summed E-state index contributed by atoms with van der Waals surface area (Å²) < 4.78 is 21.7. The molecule has 0 amide bonds. The van der Waals surface area contributed by atoms with Gasteiger partial charge in [-0.1, -0.05) is 60.7 Å². The Morgan fingerprint density at radius 3 is 2.51 bits per heavy atom. The Morgan fingerprint density at radius 1 is 0.971 bits per heavy atom. The molecule has 0 radical (unpaired) electrons. The lowest BCUT2D eigenvalue weighted by Gasteiger charge is -2.15. The van der Waals surface area contributed by atoms with Crippen LogP contribution in [-0.4, -0.2) is 21.6 Å². The lowest BCUT2D eigenvalue weighted by molar-refractivity contribution is 0.185. The molecule has 3 aromatic rings. The zero-order chi connectivity index (χ0) is 24.4. The predicted molar refractivity (Wildman–Crippen MR) is 134 cm³/mol. The van der Waals surface area contributed by atoms with Gasteiger partial charge in [0.2, 0.25) is 0 Å². The molecule has 0 saturated heterocycles. The molecule has 0 unspecified atom stereocenters. The topological polar surface area (TPSA) is 85.9 Å². The van der Waals surface area contributed by atoms with Gasteiger partial charge in [-0.05, 0) is 28.8 Å². The van der Waals surface area contributed by atoms with Crippen molar-refractivity contribution in [3.05, 3.63) is 123 Å². The molecule has 2 aliphatic rings. The molecule has 0 atom stereocenters. The molecule has 2 aliphatic heterocycles. The summed E-state index contributed by atoms with van der Waals surface area (Å²) >= 11 is 0. The molecule has 0 bridgehead atoms. The number of methoxy groups -OCH3 is 1. The van der Waals surface area contributed by atoms with E-state index in [0.717, 1.165) is 22.4 Å². The van der Waals surface area contributed by atoms with Crippen LogP contribution in [0.5, 0.6) is 0 Å². The number of nitrogens with two attached hydrogens (primary N) is 1. The van der Waals surface area contributed by atoms with Crippen LogP contribution in [0, 0.1) is 5.82 Å². The summed E-state index contributed by atoms with van der Waals surface area (Å²) in [6, 6.07) is 22.5. The quantitative estimate of drug-likeness (QED) is 0.339. The molecule has 3 aromatic carbocycles. The lowest BCUT2D eigenvalue weighted by Crippen LogP contribution is -2.20. The maximum absolute atomic E-state index is 15.0. The van der Waals surface area contributed by atoms with Gasteiger partial charge in [-0.15, -0.1) is 0 Å². The number of nitrogen functional groups attached to an aromatic ring is 1. The summed E-state index contributed by atoms with van der Waals surface area (Å²) in [6.45, 7) is 0.484. The number of nitrogens with one attached hydrogen (secondary N) is 1. The molecule has 0 saturated carbocycles. The third-order valence-corrected chi connectivity index (χ3v) is 6.00. The van der Waals surface area contributed by atoms with Crippen molar-refractivity contribution in [2.45, 2.75) is 19.4 Å². The fourth-order valence-corrected chi connectivity index (χ4v) is 4.34. The van der Waals surface area contributed by atoms with Gasteiger partial charge in [0.25, 0.3) is 5.56 Å². The largest absolute Gasteiger partial charge is 0.396 e. The Kier molecular flexibility index (Phi) is 6.16. The number of rotatable bonds is 7. The van der Waals surface area contributed by atoms with Crippen molar-refractivity contribution in [3.8, 4) is 17.1 Å². The van der Waals surface area contributed by atoms with Crippen LogP contribution in [0.2, 0.25) is 0 Å². The fraction of sp³-hybridized carbons (Fsp3) is 0.143. The molecule has 6 nitrogen and oxygen atoms in total. The first-order valence-electron chi connectivity index (χ1n) is 11.3. The van der Waals surface area contributed by atoms with Crippen LogP contribution in [0.4, 0.5) is 10.1 Å². The van der Waals surface area contributed by atoms with E-state index in [-0.39, 0.29) is 16.8 Å². The van der Waals surface area contributed by atoms with Gasteiger partial charge in [0.15, 0.2) is 11.6 Å². The minimum absolute atomic E-state index is 0.0201. The number of ether oxygens (including phenoxy) is 1. The Bertz CT molecular complexity index is 1510. The smallest absolute Gasteiger partial charge is 0.278 e. The Morgan fingerprint density at radius 2 is 1.71 bits per heavy atom. The van der Waals surface area contributed by atoms with E-state index < -0.39 is 5.82 Å². The van der Waals surface area contributed by atoms with Crippen LogP contribution in [-0.2, 0) is 24.2 Å². The molecule has 0 aromatic heterocycles. The second-order valence-electron chi connectivity index (χ2n) is 8.48. The van der Waals surface area contributed by atoms with E-state index in [2.05, 4.69) is 4.98 Å². The molecular weight excluding hydrogens is 443 g/mol. The minimum atomic E-state index is -0.570. The average Bonchev–Trinajstić information content (AvgIpc) is 3.19. The number of imidazole rings is 1. The fourth-order valence-electron chi connectivity index (χ4n) is 4.34. The molecule has 35 heavy (non-hydrogen) atoms. The molecule has 5 rings (SSSR count). The number of hydrogen-bond donors (Lipinski definition) is 2. The SMILES string of the molecule is COCc1cccc(Cc2nc3c(Cc4ccccc4)[nH]cc(-c4cccc(N)c4F)n-3c2=O)c1. The number of nitrogens with zero attached hydrogens (tertiary/aromatic N) is 2. The summed E-state index contributed by atoms with van der Waals surface area (Å²) in [7, 11) is 1.65. The highest BCUT2D eigenvalue weighted by atomic mass is 19.1. The maximum Gasteiger partial charge on any atom is 0.278 e. The second-order valence-corrected chi connectivity index (χ2v) is 8.48. The number of halogens is 1.